The molecule has 0 saturated carbocycles. The molecule has 0 aliphatic rings. The minimum absolute atomic E-state index is 0.335. The molecule has 2 heterocycles. The molecule has 1 amide bonds. The van der Waals surface area contributed by atoms with Crippen LogP contribution in [0.4, 0.5) is 0 Å². The lowest BCUT2D eigenvalue weighted by Crippen LogP contribution is -2.29. The predicted molar refractivity (Wildman–Crippen MR) is 79.5 cm³/mol. The molecule has 0 spiro atoms. The number of carbonyl (C=O) groups excluding carboxylic acids is 1. The molecule has 0 fully saturated rings. The van der Waals surface area contributed by atoms with Crippen molar-refractivity contribution < 1.29 is 4.79 Å². The summed E-state index contributed by atoms with van der Waals surface area (Å²) in [4.78, 5) is 15.6. The Morgan fingerprint density at radius 2 is 2.33 bits per heavy atom. The summed E-state index contributed by atoms with van der Waals surface area (Å²) in [5.41, 5.74) is 4.42. The monoisotopic (exact) mass is 297 g/mol. The quantitative estimate of drug-likeness (QED) is 0.436. The van der Waals surface area contributed by atoms with E-state index in [2.05, 4.69) is 16.5 Å². The highest BCUT2D eigenvalue weighted by molar-refractivity contribution is 7.11. The minimum Gasteiger partial charge on any atom is -0.341 e. The van der Waals surface area contributed by atoms with Crippen LogP contribution in [0.2, 0.25) is 0 Å². The maximum atomic E-state index is 11.4. The van der Waals surface area contributed by atoms with E-state index in [1.54, 1.807) is 6.07 Å². The number of amides is 1. The highest BCUT2D eigenvalue weighted by Crippen LogP contribution is 2.19. The molecule has 2 aromatic heterocycles. The zero-order valence-corrected chi connectivity index (χ0v) is 11.7. The second kappa shape index (κ2) is 5.36. The van der Waals surface area contributed by atoms with Crippen molar-refractivity contribution in [2.75, 3.05) is 0 Å². The Labute approximate surface area is 124 Å². The largest absolute Gasteiger partial charge is 0.341 e. The van der Waals surface area contributed by atoms with Crippen LogP contribution >= 0.6 is 11.3 Å². The van der Waals surface area contributed by atoms with Crippen LogP contribution < -0.4 is 11.3 Å². The minimum atomic E-state index is -0.393. The van der Waals surface area contributed by atoms with Gasteiger partial charge in [-0.05, 0) is 23.6 Å². The number of thiazole rings is 1. The summed E-state index contributed by atoms with van der Waals surface area (Å²) >= 11 is 1.25. The van der Waals surface area contributed by atoms with Crippen LogP contribution in [-0.4, -0.2) is 15.5 Å². The van der Waals surface area contributed by atoms with Gasteiger partial charge in [0.05, 0.1) is 23.9 Å². The zero-order chi connectivity index (χ0) is 14.8. The summed E-state index contributed by atoms with van der Waals surface area (Å²) in [6.45, 7) is 0.534. The number of carbonyl (C=O) groups is 1. The van der Waals surface area contributed by atoms with E-state index in [4.69, 9.17) is 11.1 Å². The molecular formula is C14H11N5OS. The van der Waals surface area contributed by atoms with E-state index in [-0.39, 0.29) is 0 Å². The van der Waals surface area contributed by atoms with Gasteiger partial charge in [-0.2, -0.15) is 5.26 Å². The van der Waals surface area contributed by atoms with E-state index in [0.717, 1.165) is 16.6 Å². The van der Waals surface area contributed by atoms with Gasteiger partial charge in [-0.1, -0.05) is 6.07 Å². The number of nitrogens with zero attached hydrogens (tertiary/aromatic N) is 3. The summed E-state index contributed by atoms with van der Waals surface area (Å²) in [5, 5.41) is 12.2. The summed E-state index contributed by atoms with van der Waals surface area (Å²) in [6.07, 6.45) is 1.94. The van der Waals surface area contributed by atoms with E-state index in [9.17, 15) is 4.79 Å². The first kappa shape index (κ1) is 13.3. The van der Waals surface area contributed by atoms with Gasteiger partial charge in [-0.25, -0.2) is 10.8 Å². The van der Waals surface area contributed by atoms with Gasteiger partial charge in [-0.3, -0.25) is 10.2 Å². The SMILES string of the molecule is N#Cc1ccc2ccn(Cc3csc(C(=O)NN)n3)c2c1. The fraction of sp³-hybridized carbons (Fsp3) is 0.0714. The number of benzene rings is 1. The fourth-order valence-corrected chi connectivity index (χ4v) is 2.82. The average Bonchev–Trinajstić information content (AvgIpc) is 3.14. The number of aromatic nitrogens is 2. The number of nitrogens with one attached hydrogen (secondary N) is 1. The number of hydrazine groups is 1. The molecule has 0 unspecified atom stereocenters. The van der Waals surface area contributed by atoms with E-state index in [1.807, 2.05) is 34.3 Å². The lowest BCUT2D eigenvalue weighted by Gasteiger charge is -2.03. The Morgan fingerprint density at radius 3 is 3.10 bits per heavy atom. The Hall–Kier alpha value is -2.69. The lowest BCUT2D eigenvalue weighted by molar-refractivity contribution is 0.0953. The summed E-state index contributed by atoms with van der Waals surface area (Å²) in [5.74, 6) is 4.69. The van der Waals surface area contributed by atoms with Crippen molar-refractivity contribution in [3.8, 4) is 6.07 Å². The van der Waals surface area contributed by atoms with Crippen LogP contribution in [-0.2, 0) is 6.54 Å². The molecule has 0 aliphatic heterocycles. The van der Waals surface area contributed by atoms with Gasteiger partial charge in [0, 0.05) is 17.1 Å². The second-order valence-corrected chi connectivity index (χ2v) is 5.30. The normalized spacial score (nSPS) is 10.5. The Kier molecular flexibility index (Phi) is 3.39. The van der Waals surface area contributed by atoms with Crippen molar-refractivity contribution in [2.24, 2.45) is 5.84 Å². The highest BCUT2D eigenvalue weighted by Gasteiger charge is 2.10. The molecule has 104 valence electrons. The first-order valence-electron chi connectivity index (χ1n) is 6.15. The molecule has 21 heavy (non-hydrogen) atoms. The van der Waals surface area contributed by atoms with E-state index >= 15 is 0 Å². The number of hydrogen-bond donors (Lipinski definition) is 2. The van der Waals surface area contributed by atoms with E-state index in [0.29, 0.717) is 17.1 Å². The van der Waals surface area contributed by atoms with Crippen molar-refractivity contribution in [3.63, 3.8) is 0 Å². The van der Waals surface area contributed by atoms with Gasteiger partial charge in [0.25, 0.3) is 5.91 Å². The number of nitrogen functional groups attached to an aromatic ring is 1. The van der Waals surface area contributed by atoms with Gasteiger partial charge >= 0.3 is 0 Å². The summed E-state index contributed by atoms with van der Waals surface area (Å²) in [7, 11) is 0. The summed E-state index contributed by atoms with van der Waals surface area (Å²) < 4.78 is 2.00. The fourth-order valence-electron chi connectivity index (χ4n) is 2.11. The first-order valence-corrected chi connectivity index (χ1v) is 7.03. The molecule has 0 bridgehead atoms. The van der Waals surface area contributed by atoms with Crippen LogP contribution in [0, 0.1) is 11.3 Å². The third kappa shape index (κ3) is 2.50. The molecule has 0 radical (unpaired) electrons. The van der Waals surface area contributed by atoms with Crippen LogP contribution in [0.5, 0.6) is 0 Å². The van der Waals surface area contributed by atoms with Crippen LogP contribution in [0.25, 0.3) is 10.9 Å². The molecular weight excluding hydrogens is 286 g/mol. The maximum absolute atomic E-state index is 11.4. The molecule has 6 nitrogen and oxygen atoms in total. The Balaban J connectivity index is 1.93. The smallest absolute Gasteiger partial charge is 0.294 e. The van der Waals surface area contributed by atoms with Crippen molar-refractivity contribution in [3.05, 3.63) is 52.1 Å². The van der Waals surface area contributed by atoms with Crippen molar-refractivity contribution >= 4 is 28.1 Å². The predicted octanol–water partition coefficient (Wildman–Crippen LogP) is 1.62. The van der Waals surface area contributed by atoms with Gasteiger partial charge < -0.3 is 4.57 Å². The molecule has 3 aromatic rings. The molecule has 3 rings (SSSR count). The molecule has 0 saturated heterocycles. The van der Waals surface area contributed by atoms with Crippen molar-refractivity contribution in [1.82, 2.24) is 15.0 Å². The maximum Gasteiger partial charge on any atom is 0.294 e. The number of rotatable bonds is 3. The third-order valence-corrected chi connectivity index (χ3v) is 4.00. The van der Waals surface area contributed by atoms with Crippen molar-refractivity contribution in [2.45, 2.75) is 6.54 Å². The lowest BCUT2D eigenvalue weighted by atomic mass is 10.2. The van der Waals surface area contributed by atoms with Gasteiger partial charge in [0.1, 0.15) is 0 Å². The zero-order valence-electron chi connectivity index (χ0n) is 10.9. The molecule has 0 atom stereocenters. The second-order valence-electron chi connectivity index (χ2n) is 4.45. The van der Waals surface area contributed by atoms with Crippen molar-refractivity contribution in [1.29, 1.82) is 5.26 Å². The Bertz CT molecular complexity index is 858. The van der Waals surface area contributed by atoms with Gasteiger partial charge in [-0.15, -0.1) is 11.3 Å². The number of nitriles is 1. The molecule has 1 aromatic carbocycles. The van der Waals surface area contributed by atoms with E-state index in [1.165, 1.54) is 11.3 Å². The molecule has 3 N–H and O–H groups in total. The van der Waals surface area contributed by atoms with Crippen LogP contribution in [0.15, 0.2) is 35.8 Å². The first-order chi connectivity index (χ1) is 10.2. The van der Waals surface area contributed by atoms with Crippen LogP contribution in [0.1, 0.15) is 21.1 Å². The van der Waals surface area contributed by atoms with Gasteiger partial charge in [0.2, 0.25) is 0 Å². The highest BCUT2D eigenvalue weighted by atomic mass is 32.1. The Morgan fingerprint density at radius 1 is 1.48 bits per heavy atom. The number of hydrogen-bond acceptors (Lipinski definition) is 5. The third-order valence-electron chi connectivity index (χ3n) is 3.11. The molecule has 7 heteroatoms. The topological polar surface area (TPSA) is 96.7 Å². The standard InChI is InChI=1S/C14H11N5OS/c15-6-9-1-2-10-3-4-19(12(10)5-9)7-11-8-21-14(17-11)13(20)18-16/h1-5,8H,7,16H2,(H,18,20). The summed E-state index contributed by atoms with van der Waals surface area (Å²) in [6, 6.07) is 9.66. The average molecular weight is 297 g/mol. The number of fused-ring (bicyclic) bond motifs is 1. The molecule has 0 aliphatic carbocycles. The van der Waals surface area contributed by atoms with Crippen LogP contribution in [0.3, 0.4) is 0 Å². The van der Waals surface area contributed by atoms with Gasteiger partial charge in [0.15, 0.2) is 5.01 Å². The number of nitrogens with two attached hydrogens (primary N) is 1. The van der Waals surface area contributed by atoms with E-state index < -0.39 is 5.91 Å².